The number of anilines is 1. The number of hydrogen-bond donors (Lipinski definition) is 0. The number of aryl methyl sites for hydroxylation is 1. The van der Waals surface area contributed by atoms with Gasteiger partial charge in [-0.15, -0.1) is 5.10 Å². The lowest BCUT2D eigenvalue weighted by Crippen LogP contribution is -2.43. The number of ether oxygens (including phenoxy) is 1. The molecule has 6 nitrogen and oxygen atoms in total. The molecule has 30 heavy (non-hydrogen) atoms. The van der Waals surface area contributed by atoms with Gasteiger partial charge in [0.2, 0.25) is 5.91 Å². The van der Waals surface area contributed by atoms with E-state index in [-0.39, 0.29) is 17.9 Å². The zero-order valence-corrected chi connectivity index (χ0v) is 17.0. The minimum atomic E-state index is -0.424. The van der Waals surface area contributed by atoms with Crippen LogP contribution < -0.4 is 9.64 Å². The molecule has 0 spiro atoms. The summed E-state index contributed by atoms with van der Waals surface area (Å²) in [5, 5.41) is 8.17. The molecular weight excluding hydrogens is 383 g/mol. The molecule has 5 rings (SSSR count). The summed E-state index contributed by atoms with van der Waals surface area (Å²) in [4.78, 5) is 14.7. The van der Waals surface area contributed by atoms with Crippen molar-refractivity contribution in [2.24, 2.45) is 13.0 Å². The number of rotatable bonds is 4. The molecule has 1 unspecified atom stereocenters. The van der Waals surface area contributed by atoms with Crippen molar-refractivity contribution in [1.29, 1.82) is 0 Å². The second-order valence-electron chi connectivity index (χ2n) is 8.13. The highest BCUT2D eigenvalue weighted by molar-refractivity contribution is 5.99. The molecule has 1 saturated carbocycles. The standard InChI is InChI=1S/C23H23FN4O2/c1-14-8-11-17-21(28(14)23(29)15-9-10-15)19(24)12-18(20-13-27(2)26-25-20)22(17)30-16-6-4-3-5-7-16/h3-7,12-15H,8-11H2,1-2H3. The molecule has 0 saturated heterocycles. The normalized spacial score (nSPS) is 18.2. The summed E-state index contributed by atoms with van der Waals surface area (Å²) in [6.45, 7) is 1.98. The first-order valence-electron chi connectivity index (χ1n) is 10.3. The topological polar surface area (TPSA) is 60.2 Å². The highest BCUT2D eigenvalue weighted by Crippen LogP contribution is 2.47. The average Bonchev–Trinajstić information content (AvgIpc) is 3.51. The second-order valence-corrected chi connectivity index (χ2v) is 8.13. The Labute approximate surface area is 174 Å². The first kappa shape index (κ1) is 18.8. The maximum Gasteiger partial charge on any atom is 0.230 e. The van der Waals surface area contributed by atoms with E-state index in [0.29, 0.717) is 40.4 Å². The molecule has 2 aromatic carbocycles. The Hall–Kier alpha value is -3.22. The van der Waals surface area contributed by atoms with Crippen LogP contribution in [0.2, 0.25) is 0 Å². The van der Waals surface area contributed by atoms with Gasteiger partial charge in [0.15, 0.2) is 0 Å². The van der Waals surface area contributed by atoms with Crippen molar-refractivity contribution in [2.75, 3.05) is 4.90 Å². The monoisotopic (exact) mass is 406 g/mol. The lowest BCUT2D eigenvalue weighted by Gasteiger charge is -2.37. The van der Waals surface area contributed by atoms with Gasteiger partial charge in [-0.1, -0.05) is 23.4 Å². The Morgan fingerprint density at radius 3 is 2.63 bits per heavy atom. The third-order valence-electron chi connectivity index (χ3n) is 5.80. The fourth-order valence-electron chi connectivity index (χ4n) is 4.11. The summed E-state index contributed by atoms with van der Waals surface area (Å²) in [7, 11) is 1.76. The number of benzene rings is 2. The molecule has 0 N–H and O–H groups in total. The molecule has 1 aromatic heterocycles. The molecular formula is C23H23FN4O2. The summed E-state index contributed by atoms with van der Waals surface area (Å²) in [6.07, 6.45) is 4.86. The molecule has 1 amide bonds. The number of halogens is 1. The summed E-state index contributed by atoms with van der Waals surface area (Å²) in [6, 6.07) is 10.8. The van der Waals surface area contributed by atoms with Crippen molar-refractivity contribution in [1.82, 2.24) is 15.0 Å². The van der Waals surface area contributed by atoms with Crippen molar-refractivity contribution in [3.05, 3.63) is 54.0 Å². The fourth-order valence-corrected chi connectivity index (χ4v) is 4.11. The highest BCUT2D eigenvalue weighted by atomic mass is 19.1. The maximum atomic E-state index is 15.5. The van der Waals surface area contributed by atoms with E-state index < -0.39 is 5.82 Å². The van der Waals surface area contributed by atoms with Crippen LogP contribution in [0.5, 0.6) is 11.5 Å². The molecule has 1 fully saturated rings. The fraction of sp³-hybridized carbons (Fsp3) is 0.348. The van der Waals surface area contributed by atoms with Crippen LogP contribution in [-0.2, 0) is 18.3 Å². The number of fused-ring (bicyclic) bond motifs is 1. The molecule has 2 heterocycles. The van der Waals surface area contributed by atoms with Gasteiger partial charge in [-0.05, 0) is 50.8 Å². The molecule has 1 atom stereocenters. The molecule has 7 heteroatoms. The first-order chi connectivity index (χ1) is 14.5. The summed E-state index contributed by atoms with van der Waals surface area (Å²) < 4.78 is 23.4. The average molecular weight is 406 g/mol. The number of amides is 1. The number of nitrogens with zero attached hydrogens (tertiary/aromatic N) is 4. The van der Waals surface area contributed by atoms with Crippen LogP contribution in [0.3, 0.4) is 0 Å². The predicted octanol–water partition coefficient (Wildman–Crippen LogP) is 4.49. The van der Waals surface area contributed by atoms with Gasteiger partial charge in [0.25, 0.3) is 0 Å². The lowest BCUT2D eigenvalue weighted by molar-refractivity contribution is -0.120. The Bertz CT molecular complexity index is 1110. The van der Waals surface area contributed by atoms with Gasteiger partial charge in [0.05, 0.1) is 11.9 Å². The van der Waals surface area contributed by atoms with Gasteiger partial charge in [-0.25, -0.2) is 4.39 Å². The Morgan fingerprint density at radius 1 is 1.20 bits per heavy atom. The Balaban J connectivity index is 1.70. The van der Waals surface area contributed by atoms with E-state index in [4.69, 9.17) is 4.74 Å². The van der Waals surface area contributed by atoms with Gasteiger partial charge in [0.1, 0.15) is 23.0 Å². The number of aromatic nitrogens is 3. The van der Waals surface area contributed by atoms with Crippen molar-refractivity contribution in [2.45, 2.75) is 38.6 Å². The molecule has 1 aliphatic carbocycles. The van der Waals surface area contributed by atoms with Crippen LogP contribution in [0.15, 0.2) is 42.6 Å². The van der Waals surface area contributed by atoms with E-state index in [9.17, 15) is 4.79 Å². The maximum absolute atomic E-state index is 15.5. The van der Waals surface area contributed by atoms with Gasteiger partial charge in [-0.2, -0.15) is 0 Å². The van der Waals surface area contributed by atoms with E-state index >= 15 is 4.39 Å². The van der Waals surface area contributed by atoms with Crippen LogP contribution in [-0.4, -0.2) is 26.9 Å². The van der Waals surface area contributed by atoms with Crippen molar-refractivity contribution in [3.63, 3.8) is 0 Å². The predicted molar refractivity (Wildman–Crippen MR) is 111 cm³/mol. The molecule has 2 aliphatic rings. The second kappa shape index (κ2) is 7.23. The van der Waals surface area contributed by atoms with Crippen molar-refractivity contribution < 1.29 is 13.9 Å². The molecule has 154 valence electrons. The van der Waals surface area contributed by atoms with Crippen LogP contribution in [0.25, 0.3) is 11.3 Å². The van der Waals surface area contributed by atoms with E-state index in [1.165, 1.54) is 6.07 Å². The SMILES string of the molecule is CC1CCc2c(Oc3ccccc3)c(-c3cn(C)nn3)cc(F)c2N1C(=O)C1CC1. The molecule has 1 aliphatic heterocycles. The van der Waals surface area contributed by atoms with Crippen molar-refractivity contribution >= 4 is 11.6 Å². The summed E-state index contributed by atoms with van der Waals surface area (Å²) >= 11 is 0. The number of hydrogen-bond acceptors (Lipinski definition) is 4. The molecule has 0 radical (unpaired) electrons. The minimum Gasteiger partial charge on any atom is -0.456 e. The lowest BCUT2D eigenvalue weighted by atomic mass is 9.92. The van der Waals surface area contributed by atoms with E-state index in [1.807, 2.05) is 37.3 Å². The smallest absolute Gasteiger partial charge is 0.230 e. The zero-order chi connectivity index (χ0) is 20.8. The Kier molecular flexibility index (Phi) is 4.53. The van der Waals surface area contributed by atoms with E-state index in [1.54, 1.807) is 22.8 Å². The molecule has 0 bridgehead atoms. The zero-order valence-electron chi connectivity index (χ0n) is 17.0. The number of carbonyl (C=O) groups excluding carboxylic acids is 1. The van der Waals surface area contributed by atoms with Gasteiger partial charge < -0.3 is 9.64 Å². The Morgan fingerprint density at radius 2 is 1.97 bits per heavy atom. The molecule has 3 aromatic rings. The van der Waals surface area contributed by atoms with Gasteiger partial charge in [0, 0.05) is 30.1 Å². The van der Waals surface area contributed by atoms with E-state index in [0.717, 1.165) is 19.3 Å². The largest absolute Gasteiger partial charge is 0.456 e. The van der Waals surface area contributed by atoms with Crippen molar-refractivity contribution in [3.8, 4) is 22.8 Å². The number of para-hydroxylation sites is 1. The highest BCUT2D eigenvalue weighted by Gasteiger charge is 2.41. The summed E-state index contributed by atoms with van der Waals surface area (Å²) in [5.41, 5.74) is 2.14. The number of carbonyl (C=O) groups is 1. The van der Waals surface area contributed by atoms with Gasteiger partial charge in [-0.3, -0.25) is 9.48 Å². The quantitative estimate of drug-likeness (QED) is 0.641. The van der Waals surface area contributed by atoms with Crippen LogP contribution in [0, 0.1) is 11.7 Å². The van der Waals surface area contributed by atoms with Crippen LogP contribution in [0.4, 0.5) is 10.1 Å². The third kappa shape index (κ3) is 3.24. The minimum absolute atomic E-state index is 0.0101. The first-order valence-corrected chi connectivity index (χ1v) is 10.3. The third-order valence-corrected chi connectivity index (χ3v) is 5.80. The van der Waals surface area contributed by atoms with Crippen LogP contribution >= 0.6 is 0 Å². The van der Waals surface area contributed by atoms with E-state index in [2.05, 4.69) is 10.3 Å². The van der Waals surface area contributed by atoms with Gasteiger partial charge >= 0.3 is 0 Å². The van der Waals surface area contributed by atoms with Crippen LogP contribution in [0.1, 0.15) is 31.7 Å². The summed E-state index contributed by atoms with van der Waals surface area (Å²) in [5.74, 6) is 0.788.